The van der Waals surface area contributed by atoms with Crippen LogP contribution in [-0.2, 0) is 6.54 Å². The van der Waals surface area contributed by atoms with Crippen LogP contribution in [-0.4, -0.2) is 34.3 Å². The second-order valence-electron chi connectivity index (χ2n) is 4.58. The molecule has 1 aliphatic heterocycles. The van der Waals surface area contributed by atoms with Gasteiger partial charge in [-0.1, -0.05) is 17.7 Å². The molecule has 0 aliphatic carbocycles. The molecule has 1 aliphatic rings. The minimum atomic E-state index is 0.215. The Morgan fingerprint density at radius 3 is 3.00 bits per heavy atom. The van der Waals surface area contributed by atoms with Crippen molar-refractivity contribution < 1.29 is 10.2 Å². The highest BCUT2D eigenvalue weighted by Crippen LogP contribution is 2.24. The van der Waals surface area contributed by atoms with Crippen molar-refractivity contribution in [3.63, 3.8) is 0 Å². The number of phenols is 1. The van der Waals surface area contributed by atoms with Crippen LogP contribution in [0.2, 0.25) is 0 Å². The van der Waals surface area contributed by atoms with Crippen LogP contribution in [0.15, 0.2) is 18.2 Å². The van der Waals surface area contributed by atoms with Gasteiger partial charge in [0.2, 0.25) is 0 Å². The second kappa shape index (κ2) is 4.85. The molecule has 2 N–H and O–H groups in total. The van der Waals surface area contributed by atoms with Crippen molar-refractivity contribution in [3.8, 4) is 5.75 Å². The van der Waals surface area contributed by atoms with Crippen LogP contribution < -0.4 is 0 Å². The molecule has 1 saturated heterocycles. The van der Waals surface area contributed by atoms with Crippen molar-refractivity contribution in [2.75, 3.05) is 13.2 Å². The van der Waals surface area contributed by atoms with Crippen molar-refractivity contribution in [2.45, 2.75) is 32.4 Å². The van der Waals surface area contributed by atoms with Crippen LogP contribution in [0.4, 0.5) is 0 Å². The van der Waals surface area contributed by atoms with Gasteiger partial charge in [-0.2, -0.15) is 0 Å². The van der Waals surface area contributed by atoms with Gasteiger partial charge in [-0.25, -0.2) is 0 Å². The zero-order chi connectivity index (χ0) is 11.5. The van der Waals surface area contributed by atoms with E-state index < -0.39 is 0 Å². The van der Waals surface area contributed by atoms with Gasteiger partial charge < -0.3 is 10.2 Å². The molecule has 1 aromatic rings. The van der Waals surface area contributed by atoms with E-state index >= 15 is 0 Å². The average Bonchev–Trinajstić information content (AvgIpc) is 2.71. The molecule has 88 valence electrons. The van der Waals surface area contributed by atoms with E-state index in [0.29, 0.717) is 5.75 Å². The second-order valence-corrected chi connectivity index (χ2v) is 4.58. The number of aliphatic hydroxyl groups is 1. The summed E-state index contributed by atoms with van der Waals surface area (Å²) in [7, 11) is 0. The van der Waals surface area contributed by atoms with Gasteiger partial charge in [-0.05, 0) is 32.4 Å². The van der Waals surface area contributed by atoms with E-state index in [4.69, 9.17) is 0 Å². The molecule has 3 heteroatoms. The number of aliphatic hydroxyl groups excluding tert-OH is 1. The van der Waals surface area contributed by atoms with Crippen LogP contribution >= 0.6 is 0 Å². The fraction of sp³-hybridized carbons (Fsp3) is 0.538. The Labute approximate surface area is 96.3 Å². The van der Waals surface area contributed by atoms with E-state index in [9.17, 15) is 10.2 Å². The molecule has 1 unspecified atom stereocenters. The van der Waals surface area contributed by atoms with Crippen molar-refractivity contribution >= 4 is 0 Å². The lowest BCUT2D eigenvalue weighted by Gasteiger charge is -2.23. The predicted octanol–water partition coefficient (Wildman–Crippen LogP) is 1.66. The molecule has 0 radical (unpaired) electrons. The maximum absolute atomic E-state index is 9.77. The minimum Gasteiger partial charge on any atom is -0.508 e. The van der Waals surface area contributed by atoms with Gasteiger partial charge in [-0.15, -0.1) is 0 Å². The zero-order valence-electron chi connectivity index (χ0n) is 9.69. The fourth-order valence-corrected chi connectivity index (χ4v) is 2.37. The van der Waals surface area contributed by atoms with E-state index in [1.807, 2.05) is 19.1 Å². The number of hydrogen-bond acceptors (Lipinski definition) is 3. The van der Waals surface area contributed by atoms with Crippen LogP contribution in [0.25, 0.3) is 0 Å². The number of nitrogens with zero attached hydrogens (tertiary/aromatic N) is 1. The maximum Gasteiger partial charge on any atom is 0.120 e. The molecule has 0 saturated carbocycles. The number of aromatic hydroxyl groups is 1. The Morgan fingerprint density at radius 1 is 1.44 bits per heavy atom. The number of rotatable bonds is 3. The summed E-state index contributed by atoms with van der Waals surface area (Å²) in [5.41, 5.74) is 2.12. The van der Waals surface area contributed by atoms with Gasteiger partial charge in [0, 0.05) is 18.2 Å². The first kappa shape index (κ1) is 11.4. The molecule has 0 spiro atoms. The Bertz CT molecular complexity index is 365. The molecule has 3 nitrogen and oxygen atoms in total. The topological polar surface area (TPSA) is 43.7 Å². The Hall–Kier alpha value is -1.06. The number of benzene rings is 1. The summed E-state index contributed by atoms with van der Waals surface area (Å²) in [4.78, 5) is 2.24. The molecule has 16 heavy (non-hydrogen) atoms. The monoisotopic (exact) mass is 221 g/mol. The zero-order valence-corrected chi connectivity index (χ0v) is 9.69. The molecule has 0 amide bonds. The lowest BCUT2D eigenvalue weighted by Crippen LogP contribution is -2.31. The number of aryl methyl sites for hydroxylation is 1. The quantitative estimate of drug-likeness (QED) is 0.815. The summed E-state index contributed by atoms with van der Waals surface area (Å²) < 4.78 is 0. The highest BCUT2D eigenvalue weighted by atomic mass is 16.3. The van der Waals surface area contributed by atoms with E-state index in [1.54, 1.807) is 6.07 Å². The molecule has 0 aromatic heterocycles. The molecular weight excluding hydrogens is 202 g/mol. The summed E-state index contributed by atoms with van der Waals surface area (Å²) in [6, 6.07) is 5.93. The molecule has 0 bridgehead atoms. The molecular formula is C13H19NO2. The molecule has 1 heterocycles. The summed E-state index contributed by atoms with van der Waals surface area (Å²) in [5.74, 6) is 0.356. The Balaban J connectivity index is 2.11. The van der Waals surface area contributed by atoms with Crippen LogP contribution in [0, 0.1) is 6.92 Å². The Kier molecular flexibility index (Phi) is 3.46. The number of likely N-dealkylation sites (tertiary alicyclic amines) is 1. The maximum atomic E-state index is 9.77. The van der Waals surface area contributed by atoms with E-state index in [0.717, 1.165) is 37.1 Å². The van der Waals surface area contributed by atoms with Gasteiger partial charge in [0.05, 0.1) is 6.61 Å². The van der Waals surface area contributed by atoms with Gasteiger partial charge in [0.25, 0.3) is 0 Å². The third-order valence-corrected chi connectivity index (χ3v) is 3.32. The number of hydrogen-bond donors (Lipinski definition) is 2. The SMILES string of the molecule is Cc1ccc(O)c(CN2CCCC2CO)c1. The molecule has 1 atom stereocenters. The van der Waals surface area contributed by atoms with Gasteiger partial charge >= 0.3 is 0 Å². The minimum absolute atomic E-state index is 0.215. The van der Waals surface area contributed by atoms with Crippen molar-refractivity contribution in [2.24, 2.45) is 0 Å². The van der Waals surface area contributed by atoms with Crippen LogP contribution in [0.3, 0.4) is 0 Å². The largest absolute Gasteiger partial charge is 0.508 e. The first-order valence-corrected chi connectivity index (χ1v) is 5.84. The average molecular weight is 221 g/mol. The first-order valence-electron chi connectivity index (χ1n) is 5.84. The van der Waals surface area contributed by atoms with Crippen molar-refractivity contribution in [1.82, 2.24) is 4.90 Å². The summed E-state index contributed by atoms with van der Waals surface area (Å²) in [5, 5.41) is 19.0. The number of phenolic OH excluding ortho intramolecular Hbond substituents is 1. The first-order chi connectivity index (χ1) is 7.70. The molecule has 1 fully saturated rings. The van der Waals surface area contributed by atoms with Gasteiger partial charge in [0.15, 0.2) is 0 Å². The standard InChI is InChI=1S/C13H19NO2/c1-10-4-5-13(16)11(7-10)8-14-6-2-3-12(14)9-15/h4-5,7,12,15-16H,2-3,6,8-9H2,1H3. The normalized spacial score (nSPS) is 21.5. The highest BCUT2D eigenvalue weighted by Gasteiger charge is 2.24. The summed E-state index contributed by atoms with van der Waals surface area (Å²) in [6.07, 6.45) is 2.20. The van der Waals surface area contributed by atoms with Crippen molar-refractivity contribution in [3.05, 3.63) is 29.3 Å². The molecule has 2 rings (SSSR count). The van der Waals surface area contributed by atoms with Gasteiger partial charge in [0.1, 0.15) is 5.75 Å². The third kappa shape index (κ3) is 2.36. The molecule has 1 aromatic carbocycles. The summed E-state index contributed by atoms with van der Waals surface area (Å²) >= 11 is 0. The van der Waals surface area contributed by atoms with Crippen LogP contribution in [0.1, 0.15) is 24.0 Å². The van der Waals surface area contributed by atoms with Crippen LogP contribution in [0.5, 0.6) is 5.75 Å². The smallest absolute Gasteiger partial charge is 0.120 e. The third-order valence-electron chi connectivity index (χ3n) is 3.32. The summed E-state index contributed by atoms with van der Waals surface area (Å²) in [6.45, 7) is 3.99. The highest BCUT2D eigenvalue weighted by molar-refractivity contribution is 5.35. The van der Waals surface area contributed by atoms with E-state index in [1.165, 1.54) is 0 Å². The van der Waals surface area contributed by atoms with Gasteiger partial charge in [-0.3, -0.25) is 4.90 Å². The van der Waals surface area contributed by atoms with E-state index in [-0.39, 0.29) is 12.6 Å². The lowest BCUT2D eigenvalue weighted by atomic mass is 10.1. The van der Waals surface area contributed by atoms with E-state index in [2.05, 4.69) is 4.90 Å². The Morgan fingerprint density at radius 2 is 2.25 bits per heavy atom. The lowest BCUT2D eigenvalue weighted by molar-refractivity contribution is 0.152. The van der Waals surface area contributed by atoms with Crippen molar-refractivity contribution in [1.29, 1.82) is 0 Å². The fourth-order valence-electron chi connectivity index (χ4n) is 2.37. The predicted molar refractivity (Wildman–Crippen MR) is 63.4 cm³/mol.